The number of imidazole rings is 1. The summed E-state index contributed by atoms with van der Waals surface area (Å²) < 4.78 is 0. The summed E-state index contributed by atoms with van der Waals surface area (Å²) in [5, 5.41) is 12.3. The summed E-state index contributed by atoms with van der Waals surface area (Å²) in [7, 11) is 0. The maximum Gasteiger partial charge on any atom is 0.174 e. The van der Waals surface area contributed by atoms with E-state index in [2.05, 4.69) is 9.97 Å². The first-order valence-electron chi connectivity index (χ1n) is 6.35. The molecule has 0 bridgehead atoms. The van der Waals surface area contributed by atoms with Gasteiger partial charge in [-0.3, -0.25) is 0 Å². The number of aromatic amines is 1. The highest BCUT2D eigenvalue weighted by Gasteiger charge is 2.38. The standard InChI is InChI=1S/C16H12Cl2N2O/c17-12-6-7-13(14(18)10-12)16(21,15-19-8-9-20-15)11-4-2-1-3-5-11/h1-10,21H,(H,19,20). The minimum atomic E-state index is -1.47. The summed E-state index contributed by atoms with van der Waals surface area (Å²) in [6.07, 6.45) is 3.25. The Hall–Kier alpha value is -1.81. The number of rotatable bonds is 3. The van der Waals surface area contributed by atoms with Crippen LogP contribution >= 0.6 is 23.2 Å². The molecular weight excluding hydrogens is 307 g/mol. The van der Waals surface area contributed by atoms with E-state index < -0.39 is 5.60 Å². The smallest absolute Gasteiger partial charge is 0.174 e. The van der Waals surface area contributed by atoms with Gasteiger partial charge in [-0.1, -0.05) is 59.6 Å². The maximum absolute atomic E-state index is 11.4. The molecule has 1 aromatic heterocycles. The highest BCUT2D eigenvalue weighted by molar-refractivity contribution is 6.35. The monoisotopic (exact) mass is 318 g/mol. The number of H-pyrrole nitrogens is 1. The van der Waals surface area contributed by atoms with E-state index in [0.29, 0.717) is 27.0 Å². The second-order valence-corrected chi connectivity index (χ2v) is 5.48. The van der Waals surface area contributed by atoms with E-state index >= 15 is 0 Å². The average molecular weight is 319 g/mol. The first kappa shape index (κ1) is 14.1. The van der Waals surface area contributed by atoms with Crippen molar-refractivity contribution < 1.29 is 5.11 Å². The van der Waals surface area contributed by atoms with Crippen molar-refractivity contribution in [3.05, 3.63) is 87.9 Å². The van der Waals surface area contributed by atoms with Crippen LogP contribution in [0.1, 0.15) is 17.0 Å². The molecule has 3 rings (SSSR count). The predicted octanol–water partition coefficient (Wildman–Crippen LogP) is 4.00. The Kier molecular flexibility index (Phi) is 3.72. The lowest BCUT2D eigenvalue weighted by Crippen LogP contribution is -2.30. The molecule has 3 nitrogen and oxygen atoms in total. The summed E-state index contributed by atoms with van der Waals surface area (Å²) >= 11 is 12.2. The highest BCUT2D eigenvalue weighted by atomic mass is 35.5. The van der Waals surface area contributed by atoms with Crippen LogP contribution in [0.5, 0.6) is 0 Å². The molecule has 2 N–H and O–H groups in total. The van der Waals surface area contributed by atoms with E-state index in [-0.39, 0.29) is 0 Å². The molecule has 0 spiro atoms. The van der Waals surface area contributed by atoms with E-state index in [1.165, 1.54) is 0 Å². The van der Waals surface area contributed by atoms with Gasteiger partial charge < -0.3 is 10.1 Å². The third-order valence-electron chi connectivity index (χ3n) is 3.35. The largest absolute Gasteiger partial charge is 0.373 e. The van der Waals surface area contributed by atoms with Crippen molar-refractivity contribution in [1.82, 2.24) is 9.97 Å². The Morgan fingerprint density at radius 2 is 1.81 bits per heavy atom. The number of aliphatic hydroxyl groups is 1. The van der Waals surface area contributed by atoms with Crippen LogP contribution in [0.2, 0.25) is 10.0 Å². The average Bonchev–Trinajstić information content (AvgIpc) is 3.02. The number of hydrogen-bond acceptors (Lipinski definition) is 2. The van der Waals surface area contributed by atoms with E-state index in [0.717, 1.165) is 0 Å². The van der Waals surface area contributed by atoms with Crippen LogP contribution in [0.15, 0.2) is 60.9 Å². The molecule has 106 valence electrons. The molecule has 5 heteroatoms. The molecule has 2 aromatic carbocycles. The van der Waals surface area contributed by atoms with Crippen molar-refractivity contribution in [1.29, 1.82) is 0 Å². The Bertz CT molecular complexity index is 744. The molecule has 0 saturated carbocycles. The van der Waals surface area contributed by atoms with Gasteiger partial charge in [0.2, 0.25) is 0 Å². The number of aromatic nitrogens is 2. The highest BCUT2D eigenvalue weighted by Crippen LogP contribution is 2.39. The van der Waals surface area contributed by atoms with Crippen LogP contribution in [0.3, 0.4) is 0 Å². The fourth-order valence-corrected chi connectivity index (χ4v) is 2.89. The lowest BCUT2D eigenvalue weighted by molar-refractivity contribution is 0.116. The van der Waals surface area contributed by atoms with Gasteiger partial charge in [-0.25, -0.2) is 4.98 Å². The molecule has 0 aliphatic rings. The van der Waals surface area contributed by atoms with Crippen LogP contribution in [-0.4, -0.2) is 15.1 Å². The fourth-order valence-electron chi connectivity index (χ4n) is 2.35. The zero-order valence-electron chi connectivity index (χ0n) is 10.9. The van der Waals surface area contributed by atoms with E-state index in [1.54, 1.807) is 30.6 Å². The molecular formula is C16H12Cl2N2O. The van der Waals surface area contributed by atoms with Gasteiger partial charge in [0.15, 0.2) is 5.60 Å². The van der Waals surface area contributed by atoms with Gasteiger partial charge in [0.05, 0.1) is 0 Å². The van der Waals surface area contributed by atoms with Crippen molar-refractivity contribution in [2.24, 2.45) is 0 Å². The van der Waals surface area contributed by atoms with Gasteiger partial charge in [-0.2, -0.15) is 0 Å². The van der Waals surface area contributed by atoms with Crippen molar-refractivity contribution >= 4 is 23.2 Å². The molecule has 0 amide bonds. The van der Waals surface area contributed by atoms with Gasteiger partial charge in [-0.05, 0) is 17.7 Å². The Balaban J connectivity index is 2.27. The topological polar surface area (TPSA) is 48.9 Å². The van der Waals surface area contributed by atoms with Gasteiger partial charge in [0, 0.05) is 28.0 Å². The first-order valence-corrected chi connectivity index (χ1v) is 7.11. The summed E-state index contributed by atoms with van der Waals surface area (Å²) in [5.74, 6) is 0.401. The van der Waals surface area contributed by atoms with Crippen molar-refractivity contribution in [3.63, 3.8) is 0 Å². The number of benzene rings is 2. The normalized spacial score (nSPS) is 13.9. The van der Waals surface area contributed by atoms with Gasteiger partial charge >= 0.3 is 0 Å². The van der Waals surface area contributed by atoms with Crippen LogP contribution in [0, 0.1) is 0 Å². The van der Waals surface area contributed by atoms with E-state index in [1.807, 2.05) is 30.3 Å². The van der Waals surface area contributed by atoms with Gasteiger partial charge in [-0.15, -0.1) is 0 Å². The molecule has 1 heterocycles. The zero-order chi connectivity index (χ0) is 14.9. The quantitative estimate of drug-likeness (QED) is 0.766. The lowest BCUT2D eigenvalue weighted by Gasteiger charge is -2.28. The Morgan fingerprint density at radius 3 is 2.43 bits per heavy atom. The van der Waals surface area contributed by atoms with Crippen LogP contribution in [0.4, 0.5) is 0 Å². The Morgan fingerprint density at radius 1 is 1.05 bits per heavy atom. The molecule has 0 fully saturated rings. The summed E-state index contributed by atoms with van der Waals surface area (Å²) in [6.45, 7) is 0. The Labute approximate surface area is 132 Å². The molecule has 3 aromatic rings. The second-order valence-electron chi connectivity index (χ2n) is 4.64. The number of hydrogen-bond donors (Lipinski definition) is 2. The van der Waals surface area contributed by atoms with Crippen LogP contribution in [0.25, 0.3) is 0 Å². The van der Waals surface area contributed by atoms with E-state index in [9.17, 15) is 5.11 Å². The third kappa shape index (κ3) is 2.44. The maximum atomic E-state index is 11.4. The SMILES string of the molecule is OC(c1ccccc1)(c1ncc[nH]1)c1ccc(Cl)cc1Cl. The second kappa shape index (κ2) is 5.53. The van der Waals surface area contributed by atoms with E-state index in [4.69, 9.17) is 23.2 Å². The lowest BCUT2D eigenvalue weighted by atomic mass is 9.85. The molecule has 0 aliphatic heterocycles. The number of nitrogens with one attached hydrogen (secondary N) is 1. The van der Waals surface area contributed by atoms with Crippen molar-refractivity contribution in [2.45, 2.75) is 5.60 Å². The predicted molar refractivity (Wildman–Crippen MR) is 83.6 cm³/mol. The summed E-state index contributed by atoms with van der Waals surface area (Å²) in [5.41, 5.74) is -0.272. The minimum Gasteiger partial charge on any atom is -0.373 e. The molecule has 1 atom stereocenters. The third-order valence-corrected chi connectivity index (χ3v) is 3.90. The van der Waals surface area contributed by atoms with Gasteiger partial charge in [0.1, 0.15) is 5.82 Å². The molecule has 21 heavy (non-hydrogen) atoms. The zero-order valence-corrected chi connectivity index (χ0v) is 12.4. The van der Waals surface area contributed by atoms with Crippen molar-refractivity contribution in [3.8, 4) is 0 Å². The van der Waals surface area contributed by atoms with Crippen LogP contribution in [-0.2, 0) is 5.60 Å². The molecule has 0 aliphatic carbocycles. The first-order chi connectivity index (χ1) is 10.1. The number of halogens is 2. The fraction of sp³-hybridized carbons (Fsp3) is 0.0625. The minimum absolute atomic E-state index is 0.380. The molecule has 0 radical (unpaired) electrons. The number of nitrogens with zero attached hydrogens (tertiary/aromatic N) is 1. The molecule has 0 saturated heterocycles. The molecule has 1 unspecified atom stereocenters. The van der Waals surface area contributed by atoms with Gasteiger partial charge in [0.25, 0.3) is 0 Å². The summed E-state index contributed by atoms with van der Waals surface area (Å²) in [6, 6.07) is 14.3. The van der Waals surface area contributed by atoms with Crippen molar-refractivity contribution in [2.75, 3.05) is 0 Å². The van der Waals surface area contributed by atoms with Crippen LogP contribution < -0.4 is 0 Å². The summed E-state index contributed by atoms with van der Waals surface area (Å²) in [4.78, 5) is 7.17.